The fraction of sp³-hybridized carbons (Fsp3) is 0.111. The highest BCUT2D eigenvalue weighted by Crippen LogP contribution is 2.26. The minimum absolute atomic E-state index is 0.265. The zero-order valence-electron chi connectivity index (χ0n) is 12.5. The van der Waals surface area contributed by atoms with Gasteiger partial charge in [0.15, 0.2) is 5.58 Å². The van der Waals surface area contributed by atoms with E-state index in [1.807, 2.05) is 18.2 Å². The molecular weight excluding hydrogens is 292 g/mol. The van der Waals surface area contributed by atoms with Crippen LogP contribution in [0.15, 0.2) is 56.1 Å². The van der Waals surface area contributed by atoms with Crippen molar-refractivity contribution in [1.82, 2.24) is 4.98 Å². The Morgan fingerprint density at radius 3 is 2.74 bits per heavy atom. The van der Waals surface area contributed by atoms with Crippen LogP contribution in [0.4, 0.5) is 5.69 Å². The van der Waals surface area contributed by atoms with Gasteiger partial charge in [-0.05, 0) is 42.3 Å². The predicted molar refractivity (Wildman–Crippen MR) is 89.3 cm³/mol. The lowest BCUT2D eigenvalue weighted by atomic mass is 10.1. The van der Waals surface area contributed by atoms with E-state index in [-0.39, 0.29) is 5.89 Å². The SMILES string of the molecule is CCc1ccc2oc(-c3cc4ccc(N)cc4oc3=O)nc2c1. The summed E-state index contributed by atoms with van der Waals surface area (Å²) in [6.45, 7) is 2.08. The van der Waals surface area contributed by atoms with Crippen molar-refractivity contribution in [3.05, 3.63) is 58.4 Å². The highest BCUT2D eigenvalue weighted by atomic mass is 16.4. The lowest BCUT2D eigenvalue weighted by Crippen LogP contribution is -2.03. The first-order chi connectivity index (χ1) is 11.1. The van der Waals surface area contributed by atoms with Crippen molar-refractivity contribution in [2.75, 3.05) is 5.73 Å². The third-order valence-electron chi connectivity index (χ3n) is 3.85. The van der Waals surface area contributed by atoms with Crippen LogP contribution < -0.4 is 11.4 Å². The number of hydrogen-bond acceptors (Lipinski definition) is 5. The zero-order valence-corrected chi connectivity index (χ0v) is 12.5. The first kappa shape index (κ1) is 13.6. The Hall–Kier alpha value is -3.08. The Bertz CT molecular complexity index is 1090. The molecule has 23 heavy (non-hydrogen) atoms. The molecule has 0 fully saturated rings. The monoisotopic (exact) mass is 306 g/mol. The van der Waals surface area contributed by atoms with Crippen LogP contribution in [-0.4, -0.2) is 4.98 Å². The third-order valence-corrected chi connectivity index (χ3v) is 3.85. The van der Waals surface area contributed by atoms with E-state index in [2.05, 4.69) is 11.9 Å². The molecule has 0 radical (unpaired) electrons. The van der Waals surface area contributed by atoms with Gasteiger partial charge in [-0.2, -0.15) is 0 Å². The second-order valence-electron chi connectivity index (χ2n) is 5.42. The summed E-state index contributed by atoms with van der Waals surface area (Å²) in [6.07, 6.45) is 0.914. The number of benzene rings is 2. The van der Waals surface area contributed by atoms with Crippen molar-refractivity contribution >= 4 is 27.8 Å². The van der Waals surface area contributed by atoms with Crippen molar-refractivity contribution in [2.24, 2.45) is 0 Å². The Morgan fingerprint density at radius 1 is 1.04 bits per heavy atom. The van der Waals surface area contributed by atoms with Crippen LogP contribution in [-0.2, 0) is 6.42 Å². The quantitative estimate of drug-likeness (QED) is 0.450. The van der Waals surface area contributed by atoms with Gasteiger partial charge < -0.3 is 14.6 Å². The minimum Gasteiger partial charge on any atom is -0.436 e. The minimum atomic E-state index is -0.495. The average molecular weight is 306 g/mol. The van der Waals surface area contributed by atoms with Gasteiger partial charge in [0, 0.05) is 17.1 Å². The molecule has 114 valence electrons. The molecule has 2 heterocycles. The van der Waals surface area contributed by atoms with E-state index >= 15 is 0 Å². The summed E-state index contributed by atoms with van der Waals surface area (Å²) >= 11 is 0. The molecule has 0 amide bonds. The van der Waals surface area contributed by atoms with Gasteiger partial charge in [-0.25, -0.2) is 9.78 Å². The molecular formula is C18H14N2O3. The second kappa shape index (κ2) is 4.98. The van der Waals surface area contributed by atoms with Gasteiger partial charge in [-0.1, -0.05) is 13.0 Å². The summed E-state index contributed by atoms with van der Waals surface area (Å²) < 4.78 is 11.0. The summed E-state index contributed by atoms with van der Waals surface area (Å²) in [7, 11) is 0. The second-order valence-corrected chi connectivity index (χ2v) is 5.42. The van der Waals surface area contributed by atoms with E-state index in [9.17, 15) is 4.79 Å². The van der Waals surface area contributed by atoms with Gasteiger partial charge in [0.25, 0.3) is 0 Å². The fourth-order valence-electron chi connectivity index (χ4n) is 2.59. The third kappa shape index (κ3) is 2.26. The summed E-state index contributed by atoms with van der Waals surface area (Å²) in [5.41, 5.74) is 9.05. The lowest BCUT2D eigenvalue weighted by Gasteiger charge is -2.00. The number of rotatable bonds is 2. The van der Waals surface area contributed by atoms with Gasteiger partial charge in [0.2, 0.25) is 5.89 Å². The molecule has 5 heteroatoms. The lowest BCUT2D eigenvalue weighted by molar-refractivity contribution is 0.553. The van der Waals surface area contributed by atoms with Gasteiger partial charge in [-0.15, -0.1) is 0 Å². The Kier molecular flexibility index (Phi) is 2.94. The summed E-state index contributed by atoms with van der Waals surface area (Å²) in [4.78, 5) is 16.7. The van der Waals surface area contributed by atoms with Crippen LogP contribution in [0.5, 0.6) is 0 Å². The van der Waals surface area contributed by atoms with E-state index in [1.165, 1.54) is 5.56 Å². The van der Waals surface area contributed by atoms with Crippen molar-refractivity contribution in [1.29, 1.82) is 0 Å². The molecule has 2 aromatic heterocycles. The molecule has 4 aromatic rings. The van der Waals surface area contributed by atoms with Crippen molar-refractivity contribution in [2.45, 2.75) is 13.3 Å². The molecule has 0 aliphatic heterocycles. The van der Waals surface area contributed by atoms with Gasteiger partial charge in [-0.3, -0.25) is 0 Å². The maximum atomic E-state index is 12.2. The first-order valence-electron chi connectivity index (χ1n) is 7.37. The zero-order chi connectivity index (χ0) is 16.0. The van der Waals surface area contributed by atoms with Gasteiger partial charge >= 0.3 is 5.63 Å². The van der Waals surface area contributed by atoms with E-state index in [1.54, 1.807) is 24.3 Å². The van der Waals surface area contributed by atoms with Crippen molar-refractivity contribution in [3.63, 3.8) is 0 Å². The number of hydrogen-bond donors (Lipinski definition) is 1. The van der Waals surface area contributed by atoms with E-state index < -0.39 is 5.63 Å². The molecule has 0 atom stereocenters. The number of nitrogens with zero attached hydrogens (tertiary/aromatic N) is 1. The fourth-order valence-corrected chi connectivity index (χ4v) is 2.59. The number of aromatic nitrogens is 1. The summed E-state index contributed by atoms with van der Waals surface area (Å²) in [5, 5.41) is 0.769. The highest BCUT2D eigenvalue weighted by Gasteiger charge is 2.14. The van der Waals surface area contributed by atoms with Crippen LogP contribution in [0.3, 0.4) is 0 Å². The predicted octanol–water partition coefficient (Wildman–Crippen LogP) is 3.75. The molecule has 0 saturated heterocycles. The van der Waals surface area contributed by atoms with Crippen molar-refractivity contribution in [3.8, 4) is 11.5 Å². The van der Waals surface area contributed by atoms with Crippen LogP contribution in [0, 0.1) is 0 Å². The van der Waals surface area contributed by atoms with Crippen LogP contribution in [0.25, 0.3) is 33.5 Å². The van der Waals surface area contributed by atoms with Crippen LogP contribution >= 0.6 is 0 Å². The van der Waals surface area contributed by atoms with Gasteiger partial charge in [0.1, 0.15) is 16.7 Å². The van der Waals surface area contributed by atoms with Crippen LogP contribution in [0.2, 0.25) is 0 Å². The standard InChI is InChI=1S/C18H14N2O3/c1-2-10-3-6-15-14(7-10)20-17(22-15)13-8-11-4-5-12(19)9-16(11)23-18(13)21/h3-9H,2,19H2,1H3. The molecule has 0 aliphatic rings. The molecule has 4 rings (SSSR count). The Balaban J connectivity index is 1.92. The average Bonchev–Trinajstić information content (AvgIpc) is 2.96. The number of nitrogens with two attached hydrogens (primary N) is 1. The first-order valence-corrected chi connectivity index (χ1v) is 7.37. The molecule has 0 aliphatic carbocycles. The molecule has 5 nitrogen and oxygen atoms in total. The number of fused-ring (bicyclic) bond motifs is 2. The molecule has 0 bridgehead atoms. The molecule has 0 unspecified atom stereocenters. The summed E-state index contributed by atoms with van der Waals surface area (Å²) in [5.74, 6) is 0.265. The maximum absolute atomic E-state index is 12.2. The number of aryl methyl sites for hydroxylation is 1. The smallest absolute Gasteiger partial charge is 0.349 e. The van der Waals surface area contributed by atoms with Crippen LogP contribution in [0.1, 0.15) is 12.5 Å². The van der Waals surface area contributed by atoms with E-state index in [0.717, 1.165) is 17.3 Å². The largest absolute Gasteiger partial charge is 0.436 e. The topological polar surface area (TPSA) is 82.3 Å². The number of oxazole rings is 1. The Morgan fingerprint density at radius 2 is 1.91 bits per heavy atom. The Labute approximate surface area is 131 Å². The molecule has 0 saturated carbocycles. The maximum Gasteiger partial charge on any atom is 0.349 e. The van der Waals surface area contributed by atoms with E-state index in [4.69, 9.17) is 14.6 Å². The van der Waals surface area contributed by atoms with E-state index in [0.29, 0.717) is 22.4 Å². The highest BCUT2D eigenvalue weighted by molar-refractivity contribution is 5.84. The molecule has 0 spiro atoms. The number of anilines is 1. The molecule has 2 N–H and O–H groups in total. The van der Waals surface area contributed by atoms with Gasteiger partial charge in [0.05, 0.1) is 0 Å². The molecule has 2 aromatic carbocycles. The number of nitrogen functional groups attached to an aromatic ring is 1. The summed E-state index contributed by atoms with van der Waals surface area (Å²) in [6, 6.07) is 12.7. The van der Waals surface area contributed by atoms with Crippen molar-refractivity contribution < 1.29 is 8.83 Å². The normalized spacial score (nSPS) is 11.3.